The largest absolute Gasteiger partial charge is 0.355 e. The minimum absolute atomic E-state index is 0.0269. The van der Waals surface area contributed by atoms with Gasteiger partial charge >= 0.3 is 0 Å². The Morgan fingerprint density at radius 2 is 2.29 bits per heavy atom. The number of amides is 1. The van der Waals surface area contributed by atoms with Crippen LogP contribution in [-0.2, 0) is 4.79 Å². The Labute approximate surface area is 86.4 Å². The van der Waals surface area contributed by atoms with Crippen LogP contribution in [0.15, 0.2) is 0 Å². The third-order valence-corrected chi connectivity index (χ3v) is 2.75. The number of nitrogens with two attached hydrogens (primary N) is 1. The highest BCUT2D eigenvalue weighted by atomic mass is 16.2. The van der Waals surface area contributed by atoms with Crippen molar-refractivity contribution in [3.8, 4) is 0 Å². The van der Waals surface area contributed by atoms with Gasteiger partial charge in [-0.3, -0.25) is 4.79 Å². The fourth-order valence-corrected chi connectivity index (χ4v) is 1.49. The van der Waals surface area contributed by atoms with Gasteiger partial charge in [-0.05, 0) is 18.8 Å². The average Bonchev–Trinajstić information content (AvgIpc) is 2.97. The van der Waals surface area contributed by atoms with Crippen LogP contribution in [0.25, 0.3) is 0 Å². The second kappa shape index (κ2) is 6.02. The van der Waals surface area contributed by atoms with Gasteiger partial charge in [0.2, 0.25) is 5.91 Å². The average molecular weight is 198 g/mol. The molecule has 0 aromatic rings. The number of carbonyl (C=O) groups excluding carboxylic acids is 1. The molecule has 1 aliphatic rings. The van der Waals surface area contributed by atoms with E-state index in [0.717, 1.165) is 38.1 Å². The normalized spacial score (nSPS) is 17.9. The van der Waals surface area contributed by atoms with Crippen LogP contribution in [-0.4, -0.2) is 18.5 Å². The SMILES string of the molecule is CCCCC(N)C(=O)NCCC1CC1. The first kappa shape index (κ1) is 11.5. The Bertz CT molecular complexity index is 178. The summed E-state index contributed by atoms with van der Waals surface area (Å²) in [6.07, 6.45) is 6.77. The van der Waals surface area contributed by atoms with E-state index in [1.807, 2.05) is 0 Å². The summed E-state index contributed by atoms with van der Waals surface area (Å²) < 4.78 is 0. The number of carbonyl (C=O) groups is 1. The minimum atomic E-state index is -0.297. The van der Waals surface area contributed by atoms with Gasteiger partial charge in [-0.15, -0.1) is 0 Å². The Kier molecular flexibility index (Phi) is 4.94. The fraction of sp³-hybridized carbons (Fsp3) is 0.909. The van der Waals surface area contributed by atoms with E-state index in [2.05, 4.69) is 12.2 Å². The second-order valence-corrected chi connectivity index (χ2v) is 4.27. The molecule has 1 unspecified atom stereocenters. The molecule has 0 aromatic heterocycles. The van der Waals surface area contributed by atoms with Gasteiger partial charge in [-0.25, -0.2) is 0 Å². The number of hydrogen-bond donors (Lipinski definition) is 2. The number of hydrogen-bond acceptors (Lipinski definition) is 2. The lowest BCUT2D eigenvalue weighted by atomic mass is 10.1. The zero-order chi connectivity index (χ0) is 10.4. The van der Waals surface area contributed by atoms with E-state index in [0.29, 0.717) is 0 Å². The standard InChI is InChI=1S/C11H22N2O/c1-2-3-4-10(12)11(14)13-8-7-9-5-6-9/h9-10H,2-8,12H2,1H3,(H,13,14). The third kappa shape index (κ3) is 4.61. The lowest BCUT2D eigenvalue weighted by molar-refractivity contribution is -0.122. The minimum Gasteiger partial charge on any atom is -0.355 e. The van der Waals surface area contributed by atoms with Crippen molar-refractivity contribution in [1.82, 2.24) is 5.32 Å². The van der Waals surface area contributed by atoms with Crippen molar-refractivity contribution in [2.75, 3.05) is 6.54 Å². The Morgan fingerprint density at radius 1 is 1.57 bits per heavy atom. The van der Waals surface area contributed by atoms with E-state index in [-0.39, 0.29) is 11.9 Å². The van der Waals surface area contributed by atoms with E-state index >= 15 is 0 Å². The highest BCUT2D eigenvalue weighted by Crippen LogP contribution is 2.31. The molecule has 1 rings (SSSR count). The molecule has 0 radical (unpaired) electrons. The second-order valence-electron chi connectivity index (χ2n) is 4.27. The summed E-state index contributed by atoms with van der Waals surface area (Å²) in [5.41, 5.74) is 5.72. The molecule has 0 aliphatic heterocycles. The van der Waals surface area contributed by atoms with Gasteiger partial charge < -0.3 is 11.1 Å². The van der Waals surface area contributed by atoms with Crippen LogP contribution in [0, 0.1) is 5.92 Å². The molecular weight excluding hydrogens is 176 g/mol. The van der Waals surface area contributed by atoms with Gasteiger partial charge in [0.15, 0.2) is 0 Å². The molecule has 1 aliphatic carbocycles. The molecule has 0 spiro atoms. The Morgan fingerprint density at radius 3 is 2.86 bits per heavy atom. The Hall–Kier alpha value is -0.570. The predicted molar refractivity (Wildman–Crippen MR) is 57.9 cm³/mol. The molecule has 1 atom stereocenters. The molecule has 0 aromatic carbocycles. The van der Waals surface area contributed by atoms with E-state index in [4.69, 9.17) is 5.73 Å². The van der Waals surface area contributed by atoms with Crippen LogP contribution in [0.5, 0.6) is 0 Å². The van der Waals surface area contributed by atoms with E-state index in [1.165, 1.54) is 12.8 Å². The number of unbranched alkanes of at least 4 members (excludes halogenated alkanes) is 1. The van der Waals surface area contributed by atoms with Gasteiger partial charge in [0.05, 0.1) is 6.04 Å². The van der Waals surface area contributed by atoms with E-state index in [1.54, 1.807) is 0 Å². The first-order chi connectivity index (χ1) is 6.74. The van der Waals surface area contributed by atoms with Crippen LogP contribution in [0.4, 0.5) is 0 Å². The third-order valence-electron chi connectivity index (χ3n) is 2.75. The molecule has 82 valence electrons. The summed E-state index contributed by atoms with van der Waals surface area (Å²) in [5, 5.41) is 2.90. The van der Waals surface area contributed by atoms with Gasteiger partial charge in [-0.2, -0.15) is 0 Å². The van der Waals surface area contributed by atoms with Crippen molar-refractivity contribution in [1.29, 1.82) is 0 Å². The quantitative estimate of drug-likeness (QED) is 0.650. The smallest absolute Gasteiger partial charge is 0.236 e. The van der Waals surface area contributed by atoms with Crippen molar-refractivity contribution in [3.63, 3.8) is 0 Å². The van der Waals surface area contributed by atoms with Crippen molar-refractivity contribution in [2.24, 2.45) is 11.7 Å². The maximum Gasteiger partial charge on any atom is 0.236 e. The molecule has 3 nitrogen and oxygen atoms in total. The summed E-state index contributed by atoms with van der Waals surface area (Å²) in [7, 11) is 0. The zero-order valence-corrected chi connectivity index (χ0v) is 9.09. The molecule has 1 amide bonds. The molecule has 0 heterocycles. The van der Waals surface area contributed by atoms with Gasteiger partial charge in [0.1, 0.15) is 0 Å². The van der Waals surface area contributed by atoms with E-state index in [9.17, 15) is 4.79 Å². The number of nitrogens with one attached hydrogen (secondary N) is 1. The van der Waals surface area contributed by atoms with Gasteiger partial charge in [0, 0.05) is 6.54 Å². The first-order valence-electron chi connectivity index (χ1n) is 5.77. The monoisotopic (exact) mass is 198 g/mol. The maximum atomic E-state index is 11.4. The molecule has 3 heteroatoms. The lowest BCUT2D eigenvalue weighted by Crippen LogP contribution is -2.40. The highest BCUT2D eigenvalue weighted by molar-refractivity contribution is 5.81. The van der Waals surface area contributed by atoms with Gasteiger partial charge in [-0.1, -0.05) is 32.6 Å². The molecule has 14 heavy (non-hydrogen) atoms. The Balaban J connectivity index is 2.00. The summed E-state index contributed by atoms with van der Waals surface area (Å²) in [5.74, 6) is 0.904. The predicted octanol–water partition coefficient (Wildman–Crippen LogP) is 1.42. The number of rotatable bonds is 7. The van der Waals surface area contributed by atoms with Gasteiger partial charge in [0.25, 0.3) is 0 Å². The molecular formula is C11H22N2O. The summed E-state index contributed by atoms with van der Waals surface area (Å²) in [4.78, 5) is 11.4. The van der Waals surface area contributed by atoms with Crippen LogP contribution in [0.2, 0.25) is 0 Å². The molecule has 1 saturated carbocycles. The summed E-state index contributed by atoms with van der Waals surface area (Å²) in [6, 6.07) is -0.297. The summed E-state index contributed by atoms with van der Waals surface area (Å²) in [6.45, 7) is 2.92. The maximum absolute atomic E-state index is 11.4. The van der Waals surface area contributed by atoms with Crippen LogP contribution in [0.3, 0.4) is 0 Å². The first-order valence-corrected chi connectivity index (χ1v) is 5.77. The van der Waals surface area contributed by atoms with Crippen molar-refractivity contribution >= 4 is 5.91 Å². The molecule has 0 saturated heterocycles. The molecule has 1 fully saturated rings. The molecule has 0 bridgehead atoms. The van der Waals surface area contributed by atoms with Crippen molar-refractivity contribution < 1.29 is 4.79 Å². The van der Waals surface area contributed by atoms with Crippen LogP contribution < -0.4 is 11.1 Å². The zero-order valence-electron chi connectivity index (χ0n) is 9.09. The van der Waals surface area contributed by atoms with Crippen LogP contribution in [0.1, 0.15) is 45.4 Å². The van der Waals surface area contributed by atoms with Crippen LogP contribution >= 0.6 is 0 Å². The molecule has 3 N–H and O–H groups in total. The lowest BCUT2D eigenvalue weighted by Gasteiger charge is -2.11. The fourth-order valence-electron chi connectivity index (χ4n) is 1.49. The topological polar surface area (TPSA) is 55.1 Å². The highest BCUT2D eigenvalue weighted by Gasteiger charge is 2.21. The van der Waals surface area contributed by atoms with E-state index < -0.39 is 0 Å². The van der Waals surface area contributed by atoms with Crippen molar-refractivity contribution in [2.45, 2.75) is 51.5 Å². The van der Waals surface area contributed by atoms with Crippen molar-refractivity contribution in [3.05, 3.63) is 0 Å². The summed E-state index contributed by atoms with van der Waals surface area (Å²) >= 11 is 0.